The van der Waals surface area contributed by atoms with Crippen LogP contribution in [0.5, 0.6) is 0 Å². The second-order valence-electron chi connectivity index (χ2n) is 3.95. The lowest BCUT2D eigenvalue weighted by molar-refractivity contribution is 0.0766. The van der Waals surface area contributed by atoms with E-state index in [2.05, 4.69) is 4.98 Å². The summed E-state index contributed by atoms with van der Waals surface area (Å²) in [6, 6.07) is 0. The monoisotopic (exact) mass is 224 g/mol. The largest absolute Gasteiger partial charge is 0.338 e. The molecule has 0 saturated carbocycles. The quantitative estimate of drug-likeness (QED) is 0.734. The maximum atomic E-state index is 12.1. The minimum Gasteiger partial charge on any atom is -0.338 e. The normalized spacial score (nSPS) is 17.5. The molecule has 0 N–H and O–H groups in total. The number of aromatic nitrogens is 1. The summed E-state index contributed by atoms with van der Waals surface area (Å²) in [6.07, 6.45) is 6.50. The van der Waals surface area contributed by atoms with Crippen molar-refractivity contribution >= 4 is 17.2 Å². The first-order valence-corrected chi connectivity index (χ1v) is 6.31. The maximum Gasteiger partial charge on any atom is 0.265 e. The summed E-state index contributed by atoms with van der Waals surface area (Å²) in [6.45, 7) is 3.76. The number of carbonyl (C=O) groups is 1. The Labute approximate surface area is 94.1 Å². The van der Waals surface area contributed by atoms with Crippen LogP contribution in [-0.4, -0.2) is 28.9 Å². The number of likely N-dealkylation sites (tertiary alicyclic amines) is 1. The minimum atomic E-state index is 0.169. The van der Waals surface area contributed by atoms with Crippen LogP contribution in [0.4, 0.5) is 0 Å². The molecule has 1 aliphatic heterocycles. The molecule has 2 heterocycles. The molecule has 0 aromatic carbocycles. The lowest BCUT2D eigenvalue weighted by atomic mass is 10.2. The lowest BCUT2D eigenvalue weighted by Crippen LogP contribution is -2.31. The molecule has 0 aliphatic carbocycles. The molecule has 0 bridgehead atoms. The van der Waals surface area contributed by atoms with Crippen LogP contribution >= 0.6 is 11.3 Å². The van der Waals surface area contributed by atoms with Gasteiger partial charge < -0.3 is 4.90 Å². The molecule has 2 rings (SSSR count). The Morgan fingerprint density at radius 3 is 2.53 bits per heavy atom. The third-order valence-electron chi connectivity index (χ3n) is 2.73. The van der Waals surface area contributed by atoms with Crippen molar-refractivity contribution in [3.8, 4) is 0 Å². The number of hydrogen-bond acceptors (Lipinski definition) is 3. The zero-order valence-corrected chi connectivity index (χ0v) is 9.85. The maximum absolute atomic E-state index is 12.1. The van der Waals surface area contributed by atoms with Gasteiger partial charge in [-0.15, -0.1) is 11.3 Å². The van der Waals surface area contributed by atoms with E-state index in [-0.39, 0.29) is 5.91 Å². The van der Waals surface area contributed by atoms with Gasteiger partial charge in [-0.2, -0.15) is 0 Å². The predicted molar refractivity (Wildman–Crippen MR) is 61.2 cm³/mol. The molecule has 1 aromatic heterocycles. The summed E-state index contributed by atoms with van der Waals surface area (Å²) in [5, 5.41) is 0.966. The average molecular weight is 224 g/mol. The van der Waals surface area contributed by atoms with Crippen LogP contribution in [0.1, 0.15) is 40.4 Å². The zero-order chi connectivity index (χ0) is 10.7. The SMILES string of the molecule is Cc1ncc(C(=O)N2CCCCCC2)s1. The van der Waals surface area contributed by atoms with Gasteiger partial charge in [-0.3, -0.25) is 4.79 Å². The van der Waals surface area contributed by atoms with Crippen molar-refractivity contribution in [2.75, 3.05) is 13.1 Å². The summed E-state index contributed by atoms with van der Waals surface area (Å²) >= 11 is 1.49. The van der Waals surface area contributed by atoms with Crippen LogP contribution in [0.15, 0.2) is 6.20 Å². The number of carbonyl (C=O) groups excluding carboxylic acids is 1. The molecule has 82 valence electrons. The van der Waals surface area contributed by atoms with E-state index in [4.69, 9.17) is 0 Å². The van der Waals surface area contributed by atoms with Gasteiger partial charge in [-0.1, -0.05) is 12.8 Å². The van der Waals surface area contributed by atoms with Crippen molar-refractivity contribution in [3.05, 3.63) is 16.1 Å². The summed E-state index contributed by atoms with van der Waals surface area (Å²) in [5.41, 5.74) is 0. The second-order valence-corrected chi connectivity index (χ2v) is 5.18. The highest BCUT2D eigenvalue weighted by molar-refractivity contribution is 7.13. The Hall–Kier alpha value is -0.900. The summed E-state index contributed by atoms with van der Waals surface area (Å²) in [4.78, 5) is 18.9. The molecular weight excluding hydrogens is 208 g/mol. The Bertz CT molecular complexity index is 340. The van der Waals surface area contributed by atoms with Gasteiger partial charge >= 0.3 is 0 Å². The van der Waals surface area contributed by atoms with E-state index < -0.39 is 0 Å². The Morgan fingerprint density at radius 1 is 1.33 bits per heavy atom. The minimum absolute atomic E-state index is 0.169. The molecule has 1 aliphatic rings. The van der Waals surface area contributed by atoms with E-state index in [9.17, 15) is 4.79 Å². The van der Waals surface area contributed by atoms with Crippen molar-refractivity contribution in [1.82, 2.24) is 9.88 Å². The summed E-state index contributed by atoms with van der Waals surface area (Å²) < 4.78 is 0. The van der Waals surface area contributed by atoms with E-state index in [1.807, 2.05) is 11.8 Å². The van der Waals surface area contributed by atoms with E-state index in [1.54, 1.807) is 6.20 Å². The number of rotatable bonds is 1. The zero-order valence-electron chi connectivity index (χ0n) is 9.03. The smallest absolute Gasteiger partial charge is 0.265 e. The van der Waals surface area contributed by atoms with Crippen LogP contribution in [0.3, 0.4) is 0 Å². The molecule has 0 radical (unpaired) electrons. The van der Waals surface area contributed by atoms with Gasteiger partial charge in [-0.05, 0) is 19.8 Å². The van der Waals surface area contributed by atoms with Gasteiger partial charge in [-0.25, -0.2) is 4.98 Å². The first-order valence-electron chi connectivity index (χ1n) is 5.49. The summed E-state index contributed by atoms with van der Waals surface area (Å²) in [7, 11) is 0. The van der Waals surface area contributed by atoms with Gasteiger partial charge in [0, 0.05) is 13.1 Å². The molecule has 1 saturated heterocycles. The van der Waals surface area contributed by atoms with Crippen molar-refractivity contribution in [2.24, 2.45) is 0 Å². The molecule has 0 unspecified atom stereocenters. The fourth-order valence-electron chi connectivity index (χ4n) is 1.89. The Morgan fingerprint density at radius 2 is 2.00 bits per heavy atom. The van der Waals surface area contributed by atoms with Crippen LogP contribution in [0.2, 0.25) is 0 Å². The number of amides is 1. The third kappa shape index (κ3) is 2.56. The lowest BCUT2D eigenvalue weighted by Gasteiger charge is -2.18. The van der Waals surface area contributed by atoms with Gasteiger partial charge in [0.15, 0.2) is 0 Å². The molecular formula is C11H16N2OS. The predicted octanol–water partition coefficient (Wildman–Crippen LogP) is 2.47. The number of hydrogen-bond donors (Lipinski definition) is 0. The highest BCUT2D eigenvalue weighted by atomic mass is 32.1. The van der Waals surface area contributed by atoms with E-state index >= 15 is 0 Å². The standard InChI is InChI=1S/C11H16N2OS/c1-9-12-8-10(15-9)11(14)13-6-4-2-3-5-7-13/h8H,2-7H2,1H3. The van der Waals surface area contributed by atoms with Gasteiger partial charge in [0.25, 0.3) is 5.91 Å². The fraction of sp³-hybridized carbons (Fsp3) is 0.636. The van der Waals surface area contributed by atoms with Crippen LogP contribution in [-0.2, 0) is 0 Å². The van der Waals surface area contributed by atoms with Gasteiger partial charge in [0.1, 0.15) is 4.88 Å². The fourth-order valence-corrected chi connectivity index (χ4v) is 2.64. The topological polar surface area (TPSA) is 33.2 Å². The highest BCUT2D eigenvalue weighted by Crippen LogP contribution is 2.17. The van der Waals surface area contributed by atoms with Crippen molar-refractivity contribution < 1.29 is 4.79 Å². The second kappa shape index (κ2) is 4.75. The number of nitrogens with zero attached hydrogens (tertiary/aromatic N) is 2. The Balaban J connectivity index is 2.06. The van der Waals surface area contributed by atoms with Crippen LogP contribution in [0, 0.1) is 6.92 Å². The number of thiazole rings is 1. The van der Waals surface area contributed by atoms with E-state index in [0.717, 1.165) is 35.8 Å². The van der Waals surface area contributed by atoms with Crippen molar-refractivity contribution in [2.45, 2.75) is 32.6 Å². The molecule has 15 heavy (non-hydrogen) atoms. The molecule has 3 nitrogen and oxygen atoms in total. The van der Waals surface area contributed by atoms with Gasteiger partial charge in [0.2, 0.25) is 0 Å². The van der Waals surface area contributed by atoms with Crippen LogP contribution in [0.25, 0.3) is 0 Å². The third-order valence-corrected chi connectivity index (χ3v) is 3.63. The molecule has 0 atom stereocenters. The van der Waals surface area contributed by atoms with Gasteiger partial charge in [0.05, 0.1) is 11.2 Å². The average Bonchev–Trinajstić information content (AvgIpc) is 2.53. The first-order chi connectivity index (χ1) is 7.27. The molecule has 1 fully saturated rings. The first kappa shape index (κ1) is 10.6. The molecule has 0 spiro atoms. The summed E-state index contributed by atoms with van der Waals surface area (Å²) in [5.74, 6) is 0.169. The highest BCUT2D eigenvalue weighted by Gasteiger charge is 2.18. The van der Waals surface area contributed by atoms with Crippen molar-refractivity contribution in [3.63, 3.8) is 0 Å². The van der Waals surface area contributed by atoms with E-state index in [1.165, 1.54) is 24.2 Å². The number of aryl methyl sites for hydroxylation is 1. The van der Waals surface area contributed by atoms with Crippen molar-refractivity contribution in [1.29, 1.82) is 0 Å². The Kier molecular flexibility index (Phi) is 3.36. The molecule has 4 heteroatoms. The van der Waals surface area contributed by atoms with Crippen LogP contribution < -0.4 is 0 Å². The van der Waals surface area contributed by atoms with E-state index in [0.29, 0.717) is 0 Å². The molecule has 1 amide bonds. The molecule has 1 aromatic rings.